The number of esters is 1. The molecular weight excluding hydrogens is 272 g/mol. The van der Waals surface area contributed by atoms with Crippen molar-refractivity contribution >= 4 is 11.7 Å². The summed E-state index contributed by atoms with van der Waals surface area (Å²) in [6, 6.07) is 9.73. The standard InChI is InChI=1S/C15H16N2O4/c1-20-12-6-4-5-11(14(12)16)15(19)21-10-9-17-8-3-2-7-13(17)18/h2-8H,9-10,16H2,1H3. The Morgan fingerprint density at radius 2 is 2.05 bits per heavy atom. The monoisotopic (exact) mass is 288 g/mol. The van der Waals surface area contributed by atoms with Crippen molar-refractivity contribution in [3.05, 3.63) is 58.5 Å². The van der Waals surface area contributed by atoms with Crippen LogP contribution in [0.2, 0.25) is 0 Å². The van der Waals surface area contributed by atoms with Crippen molar-refractivity contribution in [3.63, 3.8) is 0 Å². The van der Waals surface area contributed by atoms with E-state index in [-0.39, 0.29) is 30.0 Å². The minimum Gasteiger partial charge on any atom is -0.495 e. The molecule has 110 valence electrons. The van der Waals surface area contributed by atoms with Gasteiger partial charge in [0.1, 0.15) is 12.4 Å². The van der Waals surface area contributed by atoms with E-state index in [9.17, 15) is 9.59 Å². The number of hydrogen-bond donors (Lipinski definition) is 1. The van der Waals surface area contributed by atoms with Crippen molar-refractivity contribution < 1.29 is 14.3 Å². The summed E-state index contributed by atoms with van der Waals surface area (Å²) in [4.78, 5) is 23.5. The van der Waals surface area contributed by atoms with Crippen LogP contribution in [0.3, 0.4) is 0 Å². The fourth-order valence-corrected chi connectivity index (χ4v) is 1.86. The minimum atomic E-state index is -0.546. The summed E-state index contributed by atoms with van der Waals surface area (Å²) in [6.45, 7) is 0.370. The zero-order valence-corrected chi connectivity index (χ0v) is 11.6. The summed E-state index contributed by atoms with van der Waals surface area (Å²) in [6.07, 6.45) is 1.63. The van der Waals surface area contributed by atoms with Gasteiger partial charge in [-0.05, 0) is 18.2 Å². The molecule has 0 amide bonds. The summed E-state index contributed by atoms with van der Waals surface area (Å²) in [7, 11) is 1.47. The van der Waals surface area contributed by atoms with Gasteiger partial charge < -0.3 is 19.8 Å². The molecule has 0 aliphatic heterocycles. The lowest BCUT2D eigenvalue weighted by Crippen LogP contribution is -2.21. The molecule has 0 bridgehead atoms. The number of nitrogen functional groups attached to an aromatic ring is 1. The number of para-hydroxylation sites is 1. The van der Waals surface area contributed by atoms with Crippen molar-refractivity contribution in [1.82, 2.24) is 4.57 Å². The van der Waals surface area contributed by atoms with Crippen LogP contribution in [0.1, 0.15) is 10.4 Å². The number of ether oxygens (including phenoxy) is 2. The molecule has 0 aliphatic carbocycles. The van der Waals surface area contributed by atoms with E-state index < -0.39 is 5.97 Å². The Bertz CT molecular complexity index is 694. The van der Waals surface area contributed by atoms with Crippen molar-refractivity contribution in [3.8, 4) is 5.75 Å². The summed E-state index contributed by atoms with van der Waals surface area (Å²) >= 11 is 0. The fraction of sp³-hybridized carbons (Fsp3) is 0.200. The number of aromatic nitrogens is 1. The van der Waals surface area contributed by atoms with Gasteiger partial charge in [0.15, 0.2) is 0 Å². The zero-order valence-electron chi connectivity index (χ0n) is 11.6. The van der Waals surface area contributed by atoms with Crippen molar-refractivity contribution in [2.75, 3.05) is 19.5 Å². The maximum Gasteiger partial charge on any atom is 0.340 e. The molecule has 0 saturated carbocycles. The molecule has 6 nitrogen and oxygen atoms in total. The predicted octanol–water partition coefficient (Wildman–Crippen LogP) is 1.30. The summed E-state index contributed by atoms with van der Waals surface area (Å²) in [5.74, 6) is -0.126. The molecule has 0 fully saturated rings. The van der Waals surface area contributed by atoms with E-state index in [1.54, 1.807) is 36.5 Å². The first-order valence-corrected chi connectivity index (χ1v) is 6.38. The van der Waals surface area contributed by atoms with Crippen LogP contribution in [0.5, 0.6) is 5.75 Å². The second-order valence-corrected chi connectivity index (χ2v) is 4.29. The van der Waals surface area contributed by atoms with E-state index in [1.165, 1.54) is 17.7 Å². The van der Waals surface area contributed by atoms with Gasteiger partial charge in [-0.2, -0.15) is 0 Å². The summed E-state index contributed by atoms with van der Waals surface area (Å²) < 4.78 is 11.6. The maximum absolute atomic E-state index is 12.0. The van der Waals surface area contributed by atoms with Crippen molar-refractivity contribution in [2.45, 2.75) is 6.54 Å². The van der Waals surface area contributed by atoms with Gasteiger partial charge in [0.05, 0.1) is 24.9 Å². The maximum atomic E-state index is 12.0. The molecule has 2 N–H and O–H groups in total. The highest BCUT2D eigenvalue weighted by atomic mass is 16.5. The highest BCUT2D eigenvalue weighted by Crippen LogP contribution is 2.25. The van der Waals surface area contributed by atoms with Gasteiger partial charge in [0.25, 0.3) is 5.56 Å². The number of methoxy groups -OCH3 is 1. The Balaban J connectivity index is 2.00. The first-order chi connectivity index (χ1) is 10.1. The number of nitrogens with zero attached hydrogens (tertiary/aromatic N) is 1. The molecule has 2 rings (SSSR count). The summed E-state index contributed by atoms with van der Waals surface area (Å²) in [5.41, 5.74) is 6.16. The Labute approximate surface area is 121 Å². The van der Waals surface area contributed by atoms with Crippen LogP contribution in [0.15, 0.2) is 47.4 Å². The molecule has 6 heteroatoms. The molecule has 1 aromatic heterocycles. The highest BCUT2D eigenvalue weighted by molar-refractivity contribution is 5.96. The fourth-order valence-electron chi connectivity index (χ4n) is 1.86. The number of pyridine rings is 1. The van der Waals surface area contributed by atoms with Crippen LogP contribution < -0.4 is 16.0 Å². The predicted molar refractivity (Wildman–Crippen MR) is 78.4 cm³/mol. The molecule has 0 aliphatic rings. The van der Waals surface area contributed by atoms with Gasteiger partial charge in [-0.3, -0.25) is 4.79 Å². The van der Waals surface area contributed by atoms with Crippen molar-refractivity contribution in [2.24, 2.45) is 0 Å². The molecule has 0 spiro atoms. The van der Waals surface area contributed by atoms with Gasteiger partial charge >= 0.3 is 5.97 Å². The van der Waals surface area contributed by atoms with Crippen LogP contribution in [0, 0.1) is 0 Å². The van der Waals surface area contributed by atoms with E-state index in [2.05, 4.69) is 0 Å². The SMILES string of the molecule is COc1cccc(C(=O)OCCn2ccccc2=O)c1N. The second kappa shape index (κ2) is 6.60. The molecular formula is C15H16N2O4. The van der Waals surface area contributed by atoms with Gasteiger partial charge in [-0.1, -0.05) is 12.1 Å². The van der Waals surface area contributed by atoms with Gasteiger partial charge in [-0.15, -0.1) is 0 Å². The third kappa shape index (κ3) is 3.42. The van der Waals surface area contributed by atoms with Gasteiger partial charge in [0, 0.05) is 12.3 Å². The van der Waals surface area contributed by atoms with Crippen LogP contribution >= 0.6 is 0 Å². The van der Waals surface area contributed by atoms with Crippen LogP contribution in [0.25, 0.3) is 0 Å². The number of carbonyl (C=O) groups excluding carboxylic acids is 1. The molecule has 0 saturated heterocycles. The third-order valence-corrected chi connectivity index (χ3v) is 2.97. The van der Waals surface area contributed by atoms with Crippen LogP contribution in [0.4, 0.5) is 5.69 Å². The molecule has 0 unspecified atom stereocenters. The lowest BCUT2D eigenvalue weighted by molar-refractivity contribution is 0.0491. The average molecular weight is 288 g/mol. The molecule has 2 aromatic rings. The van der Waals surface area contributed by atoms with Crippen LogP contribution in [-0.2, 0) is 11.3 Å². The lowest BCUT2D eigenvalue weighted by atomic mass is 10.1. The molecule has 0 radical (unpaired) electrons. The number of rotatable bonds is 5. The second-order valence-electron chi connectivity index (χ2n) is 4.29. The Morgan fingerprint density at radius 3 is 2.76 bits per heavy atom. The molecule has 0 atom stereocenters. The van der Waals surface area contributed by atoms with Gasteiger partial charge in [0.2, 0.25) is 0 Å². The van der Waals surface area contributed by atoms with Gasteiger partial charge in [-0.25, -0.2) is 4.79 Å². The number of carbonyl (C=O) groups is 1. The smallest absolute Gasteiger partial charge is 0.340 e. The van der Waals surface area contributed by atoms with Crippen LogP contribution in [-0.4, -0.2) is 24.3 Å². The van der Waals surface area contributed by atoms with E-state index in [1.807, 2.05) is 0 Å². The van der Waals surface area contributed by atoms with Crippen molar-refractivity contribution in [1.29, 1.82) is 0 Å². The average Bonchev–Trinajstić information content (AvgIpc) is 2.49. The zero-order chi connectivity index (χ0) is 15.2. The first kappa shape index (κ1) is 14.6. The van der Waals surface area contributed by atoms with E-state index in [0.717, 1.165) is 0 Å². The summed E-state index contributed by atoms with van der Waals surface area (Å²) in [5, 5.41) is 0. The minimum absolute atomic E-state index is 0.0827. The molecule has 1 aromatic carbocycles. The number of benzene rings is 1. The largest absolute Gasteiger partial charge is 0.495 e. The molecule has 1 heterocycles. The van der Waals surface area contributed by atoms with E-state index in [4.69, 9.17) is 15.2 Å². The topological polar surface area (TPSA) is 83.5 Å². The quantitative estimate of drug-likeness (QED) is 0.662. The number of nitrogens with two attached hydrogens (primary N) is 1. The Kier molecular flexibility index (Phi) is 4.61. The van der Waals surface area contributed by atoms with E-state index in [0.29, 0.717) is 5.75 Å². The highest BCUT2D eigenvalue weighted by Gasteiger charge is 2.14. The first-order valence-electron chi connectivity index (χ1n) is 6.38. The normalized spacial score (nSPS) is 10.1. The Morgan fingerprint density at radius 1 is 1.24 bits per heavy atom. The number of hydrogen-bond acceptors (Lipinski definition) is 5. The Hall–Kier alpha value is -2.76. The number of anilines is 1. The molecule has 21 heavy (non-hydrogen) atoms. The third-order valence-electron chi connectivity index (χ3n) is 2.97. The lowest BCUT2D eigenvalue weighted by Gasteiger charge is -2.10. The van der Waals surface area contributed by atoms with E-state index >= 15 is 0 Å².